The molecular formula is C16H19F3N4O3S2. The van der Waals surface area contributed by atoms with Crippen molar-refractivity contribution >= 4 is 38.1 Å². The number of hydrogen-bond donors (Lipinski definition) is 1. The average molecular weight is 436 g/mol. The van der Waals surface area contributed by atoms with Gasteiger partial charge in [-0.25, -0.2) is 13.4 Å². The minimum Gasteiger partial charge on any atom is -0.373 e. The third-order valence-corrected chi connectivity index (χ3v) is 6.03. The molecule has 0 atom stereocenters. The zero-order valence-corrected chi connectivity index (χ0v) is 16.7. The van der Waals surface area contributed by atoms with Gasteiger partial charge in [0.2, 0.25) is 0 Å². The molecule has 1 aromatic heterocycles. The second-order valence-corrected chi connectivity index (χ2v) is 8.32. The summed E-state index contributed by atoms with van der Waals surface area (Å²) in [4.78, 5) is 17.6. The van der Waals surface area contributed by atoms with Crippen LogP contribution >= 0.6 is 11.3 Å². The number of alkyl halides is 3. The molecule has 0 spiro atoms. The molecule has 0 unspecified atom stereocenters. The number of anilines is 2. The van der Waals surface area contributed by atoms with E-state index in [1.54, 1.807) is 17.3 Å². The summed E-state index contributed by atoms with van der Waals surface area (Å²) in [5, 5.41) is 1.88. The number of benzene rings is 1. The number of carbonyl (C=O) groups excluding carboxylic acids is 1. The van der Waals surface area contributed by atoms with Gasteiger partial charge in [-0.05, 0) is 31.2 Å². The van der Waals surface area contributed by atoms with Crippen LogP contribution < -0.4 is 9.62 Å². The number of hydrogen-bond acceptors (Lipinski definition) is 6. The van der Waals surface area contributed by atoms with Crippen molar-refractivity contribution in [2.75, 3.05) is 36.3 Å². The zero-order valence-electron chi connectivity index (χ0n) is 15.1. The van der Waals surface area contributed by atoms with Gasteiger partial charge in [-0.3, -0.25) is 9.52 Å². The Hall–Kier alpha value is -2.34. The van der Waals surface area contributed by atoms with Crippen LogP contribution in [0.1, 0.15) is 6.92 Å². The molecule has 1 aromatic carbocycles. The van der Waals surface area contributed by atoms with Crippen molar-refractivity contribution in [3.63, 3.8) is 0 Å². The first-order chi connectivity index (χ1) is 13.0. The molecule has 0 aliphatic carbocycles. The van der Waals surface area contributed by atoms with Crippen LogP contribution in [0.15, 0.2) is 40.7 Å². The summed E-state index contributed by atoms with van der Waals surface area (Å²) in [7, 11) is -2.14. The summed E-state index contributed by atoms with van der Waals surface area (Å²) in [5.41, 5.74) is 0.601. The molecule has 0 saturated carbocycles. The van der Waals surface area contributed by atoms with Crippen molar-refractivity contribution < 1.29 is 26.4 Å². The maximum Gasteiger partial charge on any atom is 0.471 e. The first-order valence-corrected chi connectivity index (χ1v) is 10.5. The normalized spacial score (nSPS) is 11.9. The topological polar surface area (TPSA) is 82.6 Å². The number of amides is 1. The fourth-order valence-electron chi connectivity index (χ4n) is 2.31. The lowest BCUT2D eigenvalue weighted by Gasteiger charge is -2.26. The molecule has 12 heteroatoms. The number of carbonyl (C=O) groups is 1. The monoisotopic (exact) mass is 436 g/mol. The number of thiazole rings is 1. The smallest absolute Gasteiger partial charge is 0.373 e. The first kappa shape index (κ1) is 22.0. The Morgan fingerprint density at radius 1 is 1.21 bits per heavy atom. The van der Waals surface area contributed by atoms with E-state index in [1.165, 1.54) is 37.4 Å². The fourth-order valence-corrected chi connectivity index (χ4v) is 4.10. The summed E-state index contributed by atoms with van der Waals surface area (Å²) < 4.78 is 64.6. The predicted octanol–water partition coefficient (Wildman–Crippen LogP) is 2.79. The molecule has 28 heavy (non-hydrogen) atoms. The van der Waals surface area contributed by atoms with Crippen LogP contribution in [0.5, 0.6) is 0 Å². The minimum atomic E-state index is -4.91. The summed E-state index contributed by atoms with van der Waals surface area (Å²) in [6.07, 6.45) is -3.43. The first-order valence-electron chi connectivity index (χ1n) is 8.14. The Kier molecular flexibility index (Phi) is 6.88. The number of aromatic nitrogens is 1. The lowest BCUT2D eigenvalue weighted by molar-refractivity contribution is -0.185. The van der Waals surface area contributed by atoms with Gasteiger partial charge in [-0.2, -0.15) is 13.2 Å². The highest BCUT2D eigenvalue weighted by atomic mass is 32.2. The average Bonchev–Trinajstić information content (AvgIpc) is 3.13. The highest BCUT2D eigenvalue weighted by molar-refractivity contribution is 7.93. The van der Waals surface area contributed by atoms with Crippen molar-refractivity contribution in [2.45, 2.75) is 18.0 Å². The largest absolute Gasteiger partial charge is 0.471 e. The van der Waals surface area contributed by atoms with E-state index in [9.17, 15) is 26.4 Å². The number of sulfonamides is 1. The van der Waals surface area contributed by atoms with Crippen LogP contribution in [0.4, 0.5) is 24.0 Å². The molecule has 0 bridgehead atoms. The molecule has 1 heterocycles. The van der Waals surface area contributed by atoms with Gasteiger partial charge in [0.15, 0.2) is 5.13 Å². The van der Waals surface area contributed by atoms with Gasteiger partial charge in [0.25, 0.3) is 10.0 Å². The SMILES string of the molecule is CCN(CCN(C)c1ccc(S(=O)(=O)Nc2nccs2)cc1)C(=O)C(F)(F)F. The molecule has 0 radical (unpaired) electrons. The lowest BCUT2D eigenvalue weighted by Crippen LogP contribution is -2.44. The van der Waals surface area contributed by atoms with Crippen LogP contribution in [0, 0.1) is 0 Å². The maximum atomic E-state index is 12.6. The van der Waals surface area contributed by atoms with Crippen LogP contribution in [0.3, 0.4) is 0 Å². The van der Waals surface area contributed by atoms with Crippen LogP contribution in [-0.4, -0.2) is 57.1 Å². The zero-order chi connectivity index (χ0) is 20.9. The van der Waals surface area contributed by atoms with Crippen LogP contribution in [0.25, 0.3) is 0 Å². The Morgan fingerprint density at radius 2 is 1.86 bits per heavy atom. The van der Waals surface area contributed by atoms with Crippen molar-refractivity contribution in [3.05, 3.63) is 35.8 Å². The Labute approximate surface area is 164 Å². The summed E-state index contributed by atoms with van der Waals surface area (Å²) in [6.45, 7) is 1.45. The van der Waals surface area contributed by atoms with Crippen LogP contribution in [0.2, 0.25) is 0 Å². The molecular weight excluding hydrogens is 417 g/mol. The predicted molar refractivity (Wildman–Crippen MR) is 101 cm³/mol. The fraction of sp³-hybridized carbons (Fsp3) is 0.375. The maximum absolute atomic E-state index is 12.6. The highest BCUT2D eigenvalue weighted by Gasteiger charge is 2.41. The number of rotatable bonds is 8. The van der Waals surface area contributed by atoms with E-state index >= 15 is 0 Å². The van der Waals surface area contributed by atoms with Gasteiger partial charge in [-0.1, -0.05) is 0 Å². The van der Waals surface area contributed by atoms with Gasteiger partial charge >= 0.3 is 12.1 Å². The quantitative estimate of drug-likeness (QED) is 0.688. The second-order valence-electron chi connectivity index (χ2n) is 5.74. The van der Waals surface area contributed by atoms with Crippen LogP contribution in [-0.2, 0) is 14.8 Å². The summed E-state index contributed by atoms with van der Waals surface area (Å²) in [5.74, 6) is -1.88. The second kappa shape index (κ2) is 8.78. The van der Waals surface area contributed by atoms with Crippen molar-refractivity contribution in [1.82, 2.24) is 9.88 Å². The summed E-state index contributed by atoms with van der Waals surface area (Å²) >= 11 is 1.15. The third-order valence-electron chi connectivity index (χ3n) is 3.86. The molecule has 154 valence electrons. The molecule has 0 aliphatic heterocycles. The Morgan fingerprint density at radius 3 is 2.36 bits per heavy atom. The van der Waals surface area contributed by atoms with Crippen molar-refractivity contribution in [2.24, 2.45) is 0 Å². The number of halogens is 3. The minimum absolute atomic E-state index is 0.0299. The van der Waals surface area contributed by atoms with Gasteiger partial charge in [0.1, 0.15) is 0 Å². The number of nitrogens with zero attached hydrogens (tertiary/aromatic N) is 3. The Balaban J connectivity index is 2.01. The van der Waals surface area contributed by atoms with Gasteiger partial charge in [0.05, 0.1) is 4.90 Å². The van der Waals surface area contributed by atoms with Crippen molar-refractivity contribution in [1.29, 1.82) is 0 Å². The third kappa shape index (κ3) is 5.58. The highest BCUT2D eigenvalue weighted by Crippen LogP contribution is 2.21. The lowest BCUT2D eigenvalue weighted by atomic mass is 10.3. The molecule has 1 amide bonds. The van der Waals surface area contributed by atoms with E-state index in [0.29, 0.717) is 10.6 Å². The van der Waals surface area contributed by atoms with Gasteiger partial charge in [0, 0.05) is 43.9 Å². The van der Waals surface area contributed by atoms with E-state index in [-0.39, 0.29) is 29.7 Å². The van der Waals surface area contributed by atoms with Gasteiger partial charge in [-0.15, -0.1) is 11.3 Å². The van der Waals surface area contributed by atoms with E-state index in [0.717, 1.165) is 11.3 Å². The molecule has 0 saturated heterocycles. The molecule has 7 nitrogen and oxygen atoms in total. The van der Waals surface area contributed by atoms with E-state index in [1.807, 2.05) is 0 Å². The number of nitrogens with one attached hydrogen (secondary N) is 1. The van der Waals surface area contributed by atoms with E-state index in [4.69, 9.17) is 0 Å². The summed E-state index contributed by atoms with van der Waals surface area (Å²) in [6, 6.07) is 5.86. The van der Waals surface area contributed by atoms with Gasteiger partial charge < -0.3 is 9.80 Å². The molecule has 0 aliphatic rings. The molecule has 1 N–H and O–H groups in total. The van der Waals surface area contributed by atoms with E-state index in [2.05, 4.69) is 9.71 Å². The molecule has 2 rings (SSSR count). The van der Waals surface area contributed by atoms with E-state index < -0.39 is 22.1 Å². The number of likely N-dealkylation sites (N-methyl/N-ethyl adjacent to an activating group) is 2. The Bertz CT molecular complexity index is 885. The molecule has 0 fully saturated rings. The van der Waals surface area contributed by atoms with Crippen molar-refractivity contribution in [3.8, 4) is 0 Å². The molecule has 2 aromatic rings. The standard InChI is InChI=1S/C16H19F3N4O3S2/c1-3-23(14(24)16(17,18)19)10-9-22(2)12-4-6-13(7-5-12)28(25,26)21-15-20-8-11-27-15/h4-8,11H,3,9-10H2,1-2H3,(H,20,21).